The van der Waals surface area contributed by atoms with E-state index in [0.29, 0.717) is 5.69 Å². The van der Waals surface area contributed by atoms with Gasteiger partial charge in [0.15, 0.2) is 16.6 Å². The first-order valence-corrected chi connectivity index (χ1v) is 9.31. The van der Waals surface area contributed by atoms with E-state index in [4.69, 9.17) is 25.8 Å². The number of fused-ring (bicyclic) bond motifs is 1. The number of carbonyl (C=O) groups excluding carboxylic acids is 2. The summed E-state index contributed by atoms with van der Waals surface area (Å²) in [6, 6.07) is 2.36. The number of amides is 2. The highest BCUT2D eigenvalue weighted by molar-refractivity contribution is 7.13. The summed E-state index contributed by atoms with van der Waals surface area (Å²) >= 11 is 6.67. The number of urea groups is 1. The number of nitrogens with one attached hydrogen (secondary N) is 2. The predicted octanol–water partition coefficient (Wildman–Crippen LogP) is 3.71. The lowest BCUT2D eigenvalue weighted by atomic mass is 10.3. The van der Waals surface area contributed by atoms with E-state index in [1.165, 1.54) is 17.5 Å². The molecule has 2 heterocycles. The molecule has 29 heavy (non-hydrogen) atoms. The standard InChI is InChI=1S/C16H13ClF3N3O5S/c1-2-26-12(24)6-9-7-29-14(21-9)22-13(25)23-16(15(18,19)20)27-10-4-3-8(17)5-11(10)28-16/h3-5,7H,2,6H2,1H3,(H2,21,22,23,25)/t16-/m0/s1. The molecule has 2 aromatic rings. The molecule has 2 amide bonds. The summed E-state index contributed by atoms with van der Waals surface area (Å²) < 4.78 is 55.3. The van der Waals surface area contributed by atoms with Crippen molar-refractivity contribution in [3.05, 3.63) is 34.3 Å². The van der Waals surface area contributed by atoms with Gasteiger partial charge in [0.2, 0.25) is 0 Å². The zero-order valence-electron chi connectivity index (χ0n) is 14.6. The van der Waals surface area contributed by atoms with Crippen LogP contribution in [0.3, 0.4) is 0 Å². The average Bonchev–Trinajstić information content (AvgIpc) is 3.18. The van der Waals surface area contributed by atoms with Crippen LogP contribution in [0.15, 0.2) is 23.6 Å². The summed E-state index contributed by atoms with van der Waals surface area (Å²) in [4.78, 5) is 27.5. The Morgan fingerprint density at radius 1 is 1.31 bits per heavy atom. The molecule has 0 bridgehead atoms. The Hall–Kier alpha value is -2.73. The third kappa shape index (κ3) is 4.65. The van der Waals surface area contributed by atoms with Crippen LogP contribution in [0.1, 0.15) is 12.6 Å². The number of hydrogen-bond donors (Lipinski definition) is 2. The van der Waals surface area contributed by atoms with Gasteiger partial charge in [0.05, 0.1) is 18.7 Å². The Bertz CT molecular complexity index is 939. The van der Waals surface area contributed by atoms with E-state index in [9.17, 15) is 22.8 Å². The Labute approximate surface area is 170 Å². The Balaban J connectivity index is 1.70. The van der Waals surface area contributed by atoms with Gasteiger partial charge in [-0.3, -0.25) is 15.4 Å². The minimum Gasteiger partial charge on any atom is -0.466 e. The van der Waals surface area contributed by atoms with Crippen LogP contribution in [0.25, 0.3) is 0 Å². The average molecular weight is 452 g/mol. The van der Waals surface area contributed by atoms with Crippen molar-refractivity contribution in [3.63, 3.8) is 0 Å². The highest BCUT2D eigenvalue weighted by Gasteiger charge is 2.65. The van der Waals surface area contributed by atoms with E-state index in [-0.39, 0.29) is 34.7 Å². The van der Waals surface area contributed by atoms with Crippen LogP contribution in [0, 0.1) is 0 Å². The van der Waals surface area contributed by atoms with Gasteiger partial charge in [-0.05, 0) is 19.1 Å². The molecule has 0 unspecified atom stereocenters. The first-order valence-electron chi connectivity index (χ1n) is 8.05. The largest absolute Gasteiger partial charge is 0.492 e. The maximum Gasteiger partial charge on any atom is 0.492 e. The van der Waals surface area contributed by atoms with Crippen molar-refractivity contribution in [2.24, 2.45) is 0 Å². The molecule has 3 rings (SSSR count). The van der Waals surface area contributed by atoms with E-state index in [2.05, 4.69) is 10.3 Å². The molecule has 0 radical (unpaired) electrons. The predicted molar refractivity (Wildman–Crippen MR) is 96.1 cm³/mol. The van der Waals surface area contributed by atoms with E-state index >= 15 is 0 Å². The van der Waals surface area contributed by atoms with Crippen LogP contribution >= 0.6 is 22.9 Å². The van der Waals surface area contributed by atoms with Crippen molar-refractivity contribution in [3.8, 4) is 11.5 Å². The number of nitrogens with zero attached hydrogens (tertiary/aromatic N) is 1. The fourth-order valence-electron chi connectivity index (χ4n) is 2.30. The number of ether oxygens (including phenoxy) is 3. The molecule has 1 aromatic heterocycles. The van der Waals surface area contributed by atoms with E-state index in [1.54, 1.807) is 12.2 Å². The summed E-state index contributed by atoms with van der Waals surface area (Å²) in [5.74, 6) is -4.47. The normalized spacial score (nSPS) is 17.7. The Morgan fingerprint density at radius 3 is 2.72 bits per heavy atom. The third-order valence-electron chi connectivity index (χ3n) is 3.47. The summed E-state index contributed by atoms with van der Waals surface area (Å²) in [5.41, 5.74) is 0.296. The van der Waals surface area contributed by atoms with Gasteiger partial charge in [-0.1, -0.05) is 11.6 Å². The van der Waals surface area contributed by atoms with Crippen molar-refractivity contribution in [2.45, 2.75) is 25.4 Å². The van der Waals surface area contributed by atoms with Crippen molar-refractivity contribution in [2.75, 3.05) is 11.9 Å². The van der Waals surface area contributed by atoms with E-state index < -0.39 is 24.1 Å². The van der Waals surface area contributed by atoms with Crippen molar-refractivity contribution in [1.82, 2.24) is 10.3 Å². The molecule has 1 aliphatic rings. The molecule has 156 valence electrons. The number of anilines is 1. The van der Waals surface area contributed by atoms with Gasteiger partial charge >= 0.3 is 24.1 Å². The quantitative estimate of drug-likeness (QED) is 0.672. The van der Waals surface area contributed by atoms with Gasteiger partial charge in [-0.25, -0.2) is 9.78 Å². The number of alkyl halides is 3. The molecule has 1 aromatic carbocycles. The highest BCUT2D eigenvalue weighted by atomic mass is 35.5. The number of carbonyl (C=O) groups is 2. The molecule has 0 aliphatic carbocycles. The second kappa shape index (κ2) is 7.95. The highest BCUT2D eigenvalue weighted by Crippen LogP contribution is 2.46. The maximum atomic E-state index is 13.6. The number of thiazole rings is 1. The molecular formula is C16H13ClF3N3O5S. The molecule has 1 atom stereocenters. The van der Waals surface area contributed by atoms with Crippen molar-refractivity contribution < 1.29 is 37.0 Å². The Kier molecular flexibility index (Phi) is 5.75. The van der Waals surface area contributed by atoms with Crippen LogP contribution < -0.4 is 20.1 Å². The number of rotatable bonds is 5. The van der Waals surface area contributed by atoms with Gasteiger partial charge < -0.3 is 14.2 Å². The third-order valence-corrected chi connectivity index (χ3v) is 4.51. The van der Waals surface area contributed by atoms with Crippen LogP contribution in [-0.2, 0) is 16.0 Å². The molecule has 0 saturated carbocycles. The molecule has 2 N–H and O–H groups in total. The number of esters is 1. The summed E-state index contributed by atoms with van der Waals surface area (Å²) in [5, 5.41) is 5.34. The van der Waals surface area contributed by atoms with Crippen molar-refractivity contribution in [1.29, 1.82) is 0 Å². The van der Waals surface area contributed by atoms with Gasteiger partial charge in [0, 0.05) is 16.5 Å². The fraction of sp³-hybridized carbons (Fsp3) is 0.312. The summed E-state index contributed by atoms with van der Waals surface area (Å²) in [7, 11) is 0. The number of hydrogen-bond acceptors (Lipinski definition) is 7. The lowest BCUT2D eigenvalue weighted by Gasteiger charge is -2.29. The summed E-state index contributed by atoms with van der Waals surface area (Å²) in [6.07, 6.45) is -5.25. The molecule has 0 saturated heterocycles. The first-order chi connectivity index (χ1) is 13.6. The zero-order valence-corrected chi connectivity index (χ0v) is 16.2. The smallest absolute Gasteiger partial charge is 0.466 e. The van der Waals surface area contributed by atoms with Crippen LogP contribution in [0.5, 0.6) is 11.5 Å². The number of aromatic nitrogens is 1. The fourth-order valence-corrected chi connectivity index (χ4v) is 3.16. The lowest BCUT2D eigenvalue weighted by Crippen LogP contribution is -2.65. The van der Waals surface area contributed by atoms with Crippen LogP contribution in [0.4, 0.5) is 23.1 Å². The van der Waals surface area contributed by atoms with Gasteiger partial charge in [-0.2, -0.15) is 13.2 Å². The van der Waals surface area contributed by atoms with Gasteiger partial charge in [0.25, 0.3) is 0 Å². The number of halogens is 4. The minimum atomic E-state index is -5.12. The van der Waals surface area contributed by atoms with Gasteiger partial charge in [0.1, 0.15) is 0 Å². The molecular weight excluding hydrogens is 439 g/mol. The maximum absolute atomic E-state index is 13.6. The Morgan fingerprint density at radius 2 is 2.03 bits per heavy atom. The monoisotopic (exact) mass is 451 g/mol. The van der Waals surface area contributed by atoms with Crippen molar-refractivity contribution >= 4 is 40.1 Å². The minimum absolute atomic E-state index is 0.0299. The van der Waals surface area contributed by atoms with E-state index in [0.717, 1.165) is 17.4 Å². The second-order valence-electron chi connectivity index (χ2n) is 5.61. The summed E-state index contributed by atoms with van der Waals surface area (Å²) in [6.45, 7) is 1.84. The lowest BCUT2D eigenvalue weighted by molar-refractivity contribution is -0.317. The molecule has 0 fully saturated rings. The molecule has 0 spiro atoms. The van der Waals surface area contributed by atoms with Gasteiger partial charge in [-0.15, -0.1) is 11.3 Å². The topological polar surface area (TPSA) is 98.8 Å². The molecule has 1 aliphatic heterocycles. The number of benzene rings is 1. The SMILES string of the molecule is CCOC(=O)Cc1csc(NC(=O)N[C@@]2(C(F)(F)F)Oc3ccc(Cl)cc3O2)n1. The molecule has 13 heteroatoms. The van der Waals surface area contributed by atoms with Crippen LogP contribution in [-0.4, -0.2) is 35.7 Å². The second-order valence-corrected chi connectivity index (χ2v) is 6.91. The zero-order chi connectivity index (χ0) is 21.2. The first kappa shape index (κ1) is 21.0. The van der Waals surface area contributed by atoms with E-state index in [1.807, 2.05) is 0 Å². The molecule has 8 nitrogen and oxygen atoms in total. The van der Waals surface area contributed by atoms with Crippen LogP contribution in [0.2, 0.25) is 5.02 Å².